The van der Waals surface area contributed by atoms with Gasteiger partial charge in [-0.2, -0.15) is 0 Å². The molecule has 3 aromatic rings. The van der Waals surface area contributed by atoms with Crippen LogP contribution in [0.15, 0.2) is 60.8 Å². The minimum absolute atomic E-state index is 0.140. The van der Waals surface area contributed by atoms with E-state index in [2.05, 4.69) is 0 Å². The average Bonchev–Trinajstić information content (AvgIpc) is 3.06. The molecule has 1 atom stereocenters. The van der Waals surface area contributed by atoms with Crippen LogP contribution in [0.3, 0.4) is 0 Å². The minimum atomic E-state index is -0.409. The fraction of sp³-hybridized carbons (Fsp3) is 0.158. The number of anilines is 1. The number of rotatable bonds is 2. The molecular formula is C19H16N2O2. The maximum Gasteiger partial charge on any atom is 0.241 e. The zero-order valence-corrected chi connectivity index (χ0v) is 12.8. The Kier molecular flexibility index (Phi) is 3.05. The number of hydrogen-bond acceptors (Lipinski definition) is 2. The highest BCUT2D eigenvalue weighted by molar-refractivity contribution is 6.23. The second kappa shape index (κ2) is 5.09. The Balaban J connectivity index is 1.79. The van der Waals surface area contributed by atoms with Crippen molar-refractivity contribution >= 4 is 28.4 Å². The van der Waals surface area contributed by atoms with Crippen molar-refractivity contribution in [3.63, 3.8) is 0 Å². The van der Waals surface area contributed by atoms with Gasteiger partial charge in [0.15, 0.2) is 0 Å². The first kappa shape index (κ1) is 13.8. The SMILES string of the molecule is Cn1cc([C@@H]2CC(=O)N(c3ccccc3)C2=O)c2ccccc21. The van der Waals surface area contributed by atoms with Gasteiger partial charge in [-0.25, -0.2) is 0 Å². The summed E-state index contributed by atoms with van der Waals surface area (Å²) >= 11 is 0. The number of benzene rings is 2. The molecule has 1 aliphatic rings. The number of nitrogens with zero attached hydrogens (tertiary/aromatic N) is 2. The molecule has 0 radical (unpaired) electrons. The Morgan fingerprint density at radius 1 is 0.957 bits per heavy atom. The van der Waals surface area contributed by atoms with Gasteiger partial charge in [0.1, 0.15) is 0 Å². The summed E-state index contributed by atoms with van der Waals surface area (Å²) in [7, 11) is 1.96. The first-order chi connectivity index (χ1) is 11.2. The Bertz CT molecular complexity index is 912. The molecule has 4 heteroatoms. The van der Waals surface area contributed by atoms with E-state index in [4.69, 9.17) is 0 Å². The summed E-state index contributed by atoms with van der Waals surface area (Å²) < 4.78 is 2.01. The molecule has 1 aromatic heterocycles. The summed E-state index contributed by atoms with van der Waals surface area (Å²) in [6.45, 7) is 0. The van der Waals surface area contributed by atoms with Crippen LogP contribution >= 0.6 is 0 Å². The van der Waals surface area contributed by atoms with Gasteiger partial charge in [0.2, 0.25) is 11.8 Å². The van der Waals surface area contributed by atoms with Crippen LogP contribution in [0.1, 0.15) is 17.9 Å². The minimum Gasteiger partial charge on any atom is -0.350 e. The molecule has 4 nitrogen and oxygen atoms in total. The lowest BCUT2D eigenvalue weighted by Gasteiger charge is -2.14. The van der Waals surface area contributed by atoms with Crippen LogP contribution in [0.4, 0.5) is 5.69 Å². The Morgan fingerprint density at radius 3 is 2.43 bits per heavy atom. The van der Waals surface area contributed by atoms with Crippen molar-refractivity contribution in [1.82, 2.24) is 4.57 Å². The molecule has 0 unspecified atom stereocenters. The van der Waals surface area contributed by atoms with Gasteiger partial charge >= 0.3 is 0 Å². The quantitative estimate of drug-likeness (QED) is 0.682. The van der Waals surface area contributed by atoms with Crippen LogP contribution in [0, 0.1) is 0 Å². The first-order valence-electron chi connectivity index (χ1n) is 7.62. The predicted molar refractivity (Wildman–Crippen MR) is 89.2 cm³/mol. The van der Waals surface area contributed by atoms with E-state index in [9.17, 15) is 9.59 Å². The second-order valence-electron chi connectivity index (χ2n) is 5.87. The standard InChI is InChI=1S/C19H16N2O2/c1-20-12-16(14-9-5-6-10-17(14)20)15-11-18(22)21(19(15)23)13-7-3-2-4-8-13/h2-10,12,15H,11H2,1H3/t15-/m0/s1. The molecule has 23 heavy (non-hydrogen) atoms. The van der Waals surface area contributed by atoms with Crippen molar-refractivity contribution in [1.29, 1.82) is 0 Å². The molecule has 2 heterocycles. The van der Waals surface area contributed by atoms with E-state index in [1.54, 1.807) is 12.1 Å². The highest BCUT2D eigenvalue weighted by Gasteiger charge is 2.41. The monoisotopic (exact) mass is 304 g/mol. The highest BCUT2D eigenvalue weighted by atomic mass is 16.2. The summed E-state index contributed by atoms with van der Waals surface area (Å²) in [6, 6.07) is 17.1. The van der Waals surface area contributed by atoms with E-state index in [0.29, 0.717) is 5.69 Å². The maximum atomic E-state index is 12.9. The van der Waals surface area contributed by atoms with Gasteiger partial charge in [0.05, 0.1) is 11.6 Å². The first-order valence-corrected chi connectivity index (χ1v) is 7.62. The van der Waals surface area contributed by atoms with E-state index < -0.39 is 5.92 Å². The van der Waals surface area contributed by atoms with Crippen LogP contribution in [-0.4, -0.2) is 16.4 Å². The second-order valence-corrected chi connectivity index (χ2v) is 5.87. The molecule has 1 saturated heterocycles. The fourth-order valence-electron chi connectivity index (χ4n) is 3.37. The third kappa shape index (κ3) is 2.06. The van der Waals surface area contributed by atoms with Crippen LogP contribution in [0.25, 0.3) is 10.9 Å². The number of aryl methyl sites for hydroxylation is 1. The summed E-state index contributed by atoms with van der Waals surface area (Å²) in [6.07, 6.45) is 2.19. The van der Waals surface area contributed by atoms with E-state index in [1.807, 2.05) is 60.3 Å². The zero-order valence-electron chi connectivity index (χ0n) is 12.8. The molecule has 0 aliphatic carbocycles. The number of fused-ring (bicyclic) bond motifs is 1. The number of hydrogen-bond donors (Lipinski definition) is 0. The number of aromatic nitrogens is 1. The lowest BCUT2D eigenvalue weighted by atomic mass is 9.97. The molecular weight excluding hydrogens is 288 g/mol. The lowest BCUT2D eigenvalue weighted by Crippen LogP contribution is -2.29. The third-order valence-electron chi connectivity index (χ3n) is 4.46. The molecule has 0 spiro atoms. The van der Waals surface area contributed by atoms with Crippen molar-refractivity contribution in [2.75, 3.05) is 4.90 Å². The van der Waals surface area contributed by atoms with Crippen LogP contribution < -0.4 is 4.90 Å². The van der Waals surface area contributed by atoms with Crippen molar-refractivity contribution in [2.45, 2.75) is 12.3 Å². The van der Waals surface area contributed by atoms with Crippen molar-refractivity contribution in [3.8, 4) is 0 Å². The van der Waals surface area contributed by atoms with Gasteiger partial charge in [0, 0.05) is 30.6 Å². The van der Waals surface area contributed by atoms with Crippen molar-refractivity contribution in [2.24, 2.45) is 7.05 Å². The highest BCUT2D eigenvalue weighted by Crippen LogP contribution is 2.36. The molecule has 0 saturated carbocycles. The van der Waals surface area contributed by atoms with E-state index in [-0.39, 0.29) is 18.2 Å². The Morgan fingerprint density at radius 2 is 1.65 bits per heavy atom. The molecule has 0 N–H and O–H groups in total. The molecule has 0 bridgehead atoms. The number of carbonyl (C=O) groups excluding carboxylic acids is 2. The molecule has 114 valence electrons. The number of imide groups is 1. The smallest absolute Gasteiger partial charge is 0.241 e. The summed E-state index contributed by atoms with van der Waals surface area (Å²) in [5.74, 6) is -0.689. The van der Waals surface area contributed by atoms with Gasteiger partial charge < -0.3 is 4.57 Å². The third-order valence-corrected chi connectivity index (χ3v) is 4.46. The van der Waals surface area contributed by atoms with Crippen LogP contribution in [0.5, 0.6) is 0 Å². The fourth-order valence-corrected chi connectivity index (χ4v) is 3.37. The van der Waals surface area contributed by atoms with Crippen molar-refractivity contribution in [3.05, 3.63) is 66.4 Å². The molecule has 2 aromatic carbocycles. The van der Waals surface area contributed by atoms with Gasteiger partial charge in [-0.15, -0.1) is 0 Å². The maximum absolute atomic E-state index is 12.9. The summed E-state index contributed by atoms with van der Waals surface area (Å²) in [4.78, 5) is 26.6. The van der Waals surface area contributed by atoms with E-state index in [1.165, 1.54) is 4.90 Å². The number of para-hydroxylation sites is 2. The number of amides is 2. The van der Waals surface area contributed by atoms with E-state index >= 15 is 0 Å². The topological polar surface area (TPSA) is 42.3 Å². The average molecular weight is 304 g/mol. The molecule has 1 fully saturated rings. The Hall–Kier alpha value is -2.88. The lowest BCUT2D eigenvalue weighted by molar-refractivity contribution is -0.121. The van der Waals surface area contributed by atoms with Gasteiger partial charge in [0.25, 0.3) is 0 Å². The normalized spacial score (nSPS) is 18.1. The van der Waals surface area contributed by atoms with Crippen molar-refractivity contribution < 1.29 is 9.59 Å². The zero-order chi connectivity index (χ0) is 16.0. The van der Waals surface area contributed by atoms with Gasteiger partial charge in [-0.1, -0.05) is 36.4 Å². The largest absolute Gasteiger partial charge is 0.350 e. The number of carbonyl (C=O) groups is 2. The summed E-state index contributed by atoms with van der Waals surface area (Å²) in [5.41, 5.74) is 2.64. The van der Waals surface area contributed by atoms with Crippen LogP contribution in [0.2, 0.25) is 0 Å². The molecule has 1 aliphatic heterocycles. The van der Waals surface area contributed by atoms with Gasteiger partial charge in [-0.3, -0.25) is 14.5 Å². The van der Waals surface area contributed by atoms with Crippen LogP contribution in [-0.2, 0) is 16.6 Å². The summed E-state index contributed by atoms with van der Waals surface area (Å²) in [5, 5.41) is 1.04. The van der Waals surface area contributed by atoms with Gasteiger partial charge in [-0.05, 0) is 23.8 Å². The molecule has 2 amide bonds. The Labute approximate surface area is 133 Å². The van der Waals surface area contributed by atoms with E-state index in [0.717, 1.165) is 16.5 Å². The molecule has 4 rings (SSSR count). The predicted octanol–water partition coefficient (Wildman–Crippen LogP) is 3.23.